The number of carbonyl (C=O) groups is 3. The summed E-state index contributed by atoms with van der Waals surface area (Å²) in [6, 6.07) is 5.18. The number of carbonyl (C=O) groups excluding carboxylic acids is 3. The quantitative estimate of drug-likeness (QED) is 0.240. The maximum absolute atomic E-state index is 13.6. The number of anilines is 1. The molecule has 8 heteroatoms. The highest BCUT2D eigenvalue weighted by molar-refractivity contribution is 5.90. The van der Waals surface area contributed by atoms with Crippen molar-refractivity contribution >= 4 is 23.5 Å². The molecule has 1 aromatic rings. The molecule has 1 aromatic carbocycles. The Bertz CT molecular complexity index is 844. The van der Waals surface area contributed by atoms with Crippen LogP contribution in [0, 0.1) is 30.5 Å². The molecule has 0 spiro atoms. The molecule has 1 rings (SSSR count). The fraction of sp³-hybridized carbons (Fsp3) is 0.480. The molecule has 2 amide bonds. The molecular formula is C25H32FN3O4. The summed E-state index contributed by atoms with van der Waals surface area (Å²) in [5.74, 6) is 3.50. The highest BCUT2D eigenvalue weighted by Gasteiger charge is 2.21. The van der Waals surface area contributed by atoms with Crippen LogP contribution in [-0.2, 0) is 19.1 Å². The Labute approximate surface area is 195 Å². The summed E-state index contributed by atoms with van der Waals surface area (Å²) in [5, 5.41) is 5.20. The number of halogens is 1. The topological polar surface area (TPSA) is 87.7 Å². The molecule has 0 heterocycles. The zero-order chi connectivity index (χ0) is 24.5. The van der Waals surface area contributed by atoms with E-state index in [2.05, 4.69) is 22.5 Å². The van der Waals surface area contributed by atoms with Gasteiger partial charge in [0.05, 0.1) is 25.9 Å². The predicted octanol–water partition coefficient (Wildman–Crippen LogP) is 2.72. The summed E-state index contributed by atoms with van der Waals surface area (Å²) in [6.45, 7) is 1.62. The third-order valence-electron chi connectivity index (χ3n) is 4.87. The molecule has 0 bridgehead atoms. The highest BCUT2D eigenvalue weighted by atomic mass is 19.1. The average molecular weight is 458 g/mol. The number of amides is 2. The second kappa shape index (κ2) is 16.3. The van der Waals surface area contributed by atoms with Crippen LogP contribution >= 0.6 is 0 Å². The molecule has 0 aliphatic rings. The number of esters is 1. The second-order valence-corrected chi connectivity index (χ2v) is 7.49. The van der Waals surface area contributed by atoms with Gasteiger partial charge in [-0.1, -0.05) is 24.0 Å². The van der Waals surface area contributed by atoms with E-state index >= 15 is 0 Å². The first-order valence-corrected chi connectivity index (χ1v) is 10.9. The van der Waals surface area contributed by atoms with Crippen molar-refractivity contribution in [1.29, 1.82) is 0 Å². The zero-order valence-corrected chi connectivity index (χ0v) is 19.1. The van der Waals surface area contributed by atoms with Crippen LogP contribution in [0.25, 0.3) is 0 Å². The van der Waals surface area contributed by atoms with Crippen LogP contribution in [0.5, 0.6) is 0 Å². The number of nitrogens with zero attached hydrogens (tertiary/aromatic N) is 1. The summed E-state index contributed by atoms with van der Waals surface area (Å²) in [5.41, 5.74) is 0.128. The lowest BCUT2D eigenvalue weighted by Gasteiger charge is -2.19. The smallest absolute Gasteiger partial charge is 0.328 e. The number of para-hydroxylation sites is 1. The largest absolute Gasteiger partial charge is 0.467 e. The van der Waals surface area contributed by atoms with Gasteiger partial charge in [-0.2, -0.15) is 0 Å². The van der Waals surface area contributed by atoms with Crippen LogP contribution in [-0.4, -0.2) is 55.5 Å². The van der Waals surface area contributed by atoms with Crippen molar-refractivity contribution in [2.75, 3.05) is 32.1 Å². The first-order chi connectivity index (χ1) is 15.9. The Kier molecular flexibility index (Phi) is 13.7. The van der Waals surface area contributed by atoms with Crippen LogP contribution in [0.3, 0.4) is 0 Å². The summed E-state index contributed by atoms with van der Waals surface area (Å²) < 4.78 is 18.3. The van der Waals surface area contributed by atoms with Gasteiger partial charge in [-0.05, 0) is 44.2 Å². The Hall–Kier alpha value is -3.36. The molecule has 0 aliphatic carbocycles. The maximum atomic E-state index is 13.6. The molecule has 0 aromatic heterocycles. The Morgan fingerprint density at radius 3 is 2.27 bits per heavy atom. The Morgan fingerprint density at radius 1 is 1.03 bits per heavy atom. The van der Waals surface area contributed by atoms with Gasteiger partial charge < -0.3 is 15.4 Å². The molecule has 33 heavy (non-hydrogen) atoms. The van der Waals surface area contributed by atoms with Crippen LogP contribution in [0.4, 0.5) is 10.1 Å². The molecule has 178 valence electrons. The zero-order valence-electron chi connectivity index (χ0n) is 19.1. The lowest BCUT2D eigenvalue weighted by atomic mass is 10.1. The van der Waals surface area contributed by atoms with Gasteiger partial charge in [-0.25, -0.2) is 9.18 Å². The highest BCUT2D eigenvalue weighted by Crippen LogP contribution is 2.13. The van der Waals surface area contributed by atoms with Crippen LogP contribution in [0.1, 0.15) is 44.9 Å². The standard InChI is InChI=1S/C25H32FN3O4/c1-4-17-29(18-5-2)19-11-10-14-22(25(32)33-3)28-24(31)16-9-8-15-23(30)27-21-13-7-6-12-20(21)26/h1-2,6-7,12-13,22H,8-11,14-19H2,3H3,(H,27,30)(H,28,31)/t22-/m0/s1. The van der Waals surface area contributed by atoms with Gasteiger partial charge in [-0.3, -0.25) is 14.5 Å². The molecule has 0 unspecified atom stereocenters. The van der Waals surface area contributed by atoms with Crippen LogP contribution in [0.2, 0.25) is 0 Å². The van der Waals surface area contributed by atoms with E-state index in [0.29, 0.717) is 45.3 Å². The number of methoxy groups -OCH3 is 1. The Balaban J connectivity index is 2.33. The molecule has 0 fully saturated rings. The van der Waals surface area contributed by atoms with E-state index in [-0.39, 0.29) is 30.3 Å². The van der Waals surface area contributed by atoms with Gasteiger partial charge in [0.15, 0.2) is 0 Å². The molecule has 2 N–H and O–H groups in total. The molecule has 1 atom stereocenters. The normalized spacial score (nSPS) is 11.2. The van der Waals surface area contributed by atoms with Crippen molar-refractivity contribution in [3.63, 3.8) is 0 Å². The number of benzene rings is 1. The van der Waals surface area contributed by atoms with E-state index in [1.807, 2.05) is 4.90 Å². The lowest BCUT2D eigenvalue weighted by molar-refractivity contribution is -0.145. The lowest BCUT2D eigenvalue weighted by Crippen LogP contribution is -2.41. The van der Waals surface area contributed by atoms with Crippen molar-refractivity contribution in [3.05, 3.63) is 30.1 Å². The van der Waals surface area contributed by atoms with Gasteiger partial charge in [0.1, 0.15) is 11.9 Å². The fourth-order valence-electron chi connectivity index (χ4n) is 3.16. The number of ether oxygens (including phenoxy) is 1. The Morgan fingerprint density at radius 2 is 1.67 bits per heavy atom. The molecule has 7 nitrogen and oxygen atoms in total. The first kappa shape index (κ1) is 27.7. The maximum Gasteiger partial charge on any atom is 0.328 e. The molecule has 0 aliphatic heterocycles. The van der Waals surface area contributed by atoms with Crippen molar-refractivity contribution in [2.45, 2.75) is 51.0 Å². The SMILES string of the molecule is C#CCN(CC#C)CCCC[C@H](NC(=O)CCCCC(=O)Nc1ccccc1F)C(=O)OC. The van der Waals surface area contributed by atoms with Gasteiger partial charge >= 0.3 is 5.97 Å². The fourth-order valence-corrected chi connectivity index (χ4v) is 3.16. The summed E-state index contributed by atoms with van der Waals surface area (Å²) >= 11 is 0. The molecule has 0 saturated carbocycles. The number of hydrogen-bond donors (Lipinski definition) is 2. The molecule has 0 saturated heterocycles. The number of nitrogens with one attached hydrogen (secondary N) is 2. The number of rotatable bonds is 15. The summed E-state index contributed by atoms with van der Waals surface area (Å²) in [6.07, 6.45) is 13.8. The minimum absolute atomic E-state index is 0.128. The predicted molar refractivity (Wildman–Crippen MR) is 125 cm³/mol. The van der Waals surface area contributed by atoms with E-state index in [1.165, 1.54) is 19.2 Å². The van der Waals surface area contributed by atoms with Crippen molar-refractivity contribution in [3.8, 4) is 24.7 Å². The first-order valence-electron chi connectivity index (χ1n) is 10.9. The monoisotopic (exact) mass is 457 g/mol. The van der Waals surface area contributed by atoms with Crippen LogP contribution in [0.15, 0.2) is 24.3 Å². The van der Waals surface area contributed by atoms with E-state index in [0.717, 1.165) is 6.42 Å². The number of terminal acetylenes is 2. The van der Waals surface area contributed by atoms with E-state index in [4.69, 9.17) is 17.6 Å². The van der Waals surface area contributed by atoms with Crippen molar-refractivity contribution < 1.29 is 23.5 Å². The minimum Gasteiger partial charge on any atom is -0.467 e. The summed E-state index contributed by atoms with van der Waals surface area (Å²) in [7, 11) is 1.28. The minimum atomic E-state index is -0.736. The average Bonchev–Trinajstić information content (AvgIpc) is 2.80. The molecular weight excluding hydrogens is 425 g/mol. The van der Waals surface area contributed by atoms with Gasteiger partial charge in [0.25, 0.3) is 0 Å². The van der Waals surface area contributed by atoms with Gasteiger partial charge in [-0.15, -0.1) is 12.8 Å². The van der Waals surface area contributed by atoms with Gasteiger partial charge in [0.2, 0.25) is 11.8 Å². The second-order valence-electron chi connectivity index (χ2n) is 7.49. The number of hydrogen-bond acceptors (Lipinski definition) is 5. The van der Waals surface area contributed by atoms with Crippen LogP contribution < -0.4 is 10.6 Å². The molecule has 0 radical (unpaired) electrons. The third-order valence-corrected chi connectivity index (χ3v) is 4.87. The van der Waals surface area contributed by atoms with E-state index in [1.54, 1.807) is 12.1 Å². The summed E-state index contributed by atoms with van der Waals surface area (Å²) in [4.78, 5) is 38.1. The van der Waals surface area contributed by atoms with Crippen molar-refractivity contribution in [1.82, 2.24) is 10.2 Å². The number of unbranched alkanes of at least 4 members (excludes halogenated alkanes) is 2. The third kappa shape index (κ3) is 11.7. The van der Waals surface area contributed by atoms with Gasteiger partial charge in [0, 0.05) is 19.4 Å². The van der Waals surface area contributed by atoms with E-state index < -0.39 is 17.8 Å². The van der Waals surface area contributed by atoms with Crippen molar-refractivity contribution in [2.24, 2.45) is 0 Å². The van der Waals surface area contributed by atoms with E-state index in [9.17, 15) is 18.8 Å².